The van der Waals surface area contributed by atoms with Crippen molar-refractivity contribution in [3.8, 4) is 0 Å². The number of pyridine rings is 1. The minimum Gasteiger partial charge on any atom is -0.349 e. The van der Waals surface area contributed by atoms with E-state index in [1.165, 1.54) is 16.9 Å². The van der Waals surface area contributed by atoms with Crippen molar-refractivity contribution in [2.75, 3.05) is 19.6 Å². The fourth-order valence-electron chi connectivity index (χ4n) is 2.80. The normalized spacial score (nSPS) is 16.5. The summed E-state index contributed by atoms with van der Waals surface area (Å²) in [5.74, 6) is 0.0743. The van der Waals surface area contributed by atoms with Gasteiger partial charge >= 0.3 is 0 Å². The van der Waals surface area contributed by atoms with Crippen molar-refractivity contribution in [3.63, 3.8) is 0 Å². The lowest BCUT2D eigenvalue weighted by molar-refractivity contribution is 0.0915. The predicted molar refractivity (Wildman–Crippen MR) is 89.2 cm³/mol. The molecule has 1 aliphatic heterocycles. The fourth-order valence-corrected chi connectivity index (χ4v) is 3.43. The van der Waals surface area contributed by atoms with Gasteiger partial charge in [-0.1, -0.05) is 6.07 Å². The zero-order chi connectivity index (χ0) is 15.2. The summed E-state index contributed by atoms with van der Waals surface area (Å²) >= 11 is 1.50. The number of thiophene rings is 1. The van der Waals surface area contributed by atoms with Crippen molar-refractivity contribution in [1.29, 1.82) is 0 Å². The van der Waals surface area contributed by atoms with E-state index in [-0.39, 0.29) is 5.91 Å². The van der Waals surface area contributed by atoms with Gasteiger partial charge in [-0.2, -0.15) is 0 Å². The molecule has 1 fully saturated rings. The first-order chi connectivity index (χ1) is 10.8. The maximum atomic E-state index is 12.0. The van der Waals surface area contributed by atoms with Crippen LogP contribution in [-0.4, -0.2) is 41.5 Å². The molecule has 0 saturated carbocycles. The first-order valence-electron chi connectivity index (χ1n) is 7.77. The molecular formula is C17H21N3OS. The van der Waals surface area contributed by atoms with Crippen molar-refractivity contribution < 1.29 is 4.79 Å². The van der Waals surface area contributed by atoms with Crippen LogP contribution in [0.1, 0.15) is 28.1 Å². The van der Waals surface area contributed by atoms with Gasteiger partial charge in [0.15, 0.2) is 0 Å². The van der Waals surface area contributed by atoms with E-state index in [0.717, 1.165) is 43.8 Å². The molecule has 0 bridgehead atoms. The Hall–Kier alpha value is -1.72. The van der Waals surface area contributed by atoms with Crippen LogP contribution in [0.25, 0.3) is 0 Å². The molecule has 1 aliphatic rings. The molecule has 116 valence electrons. The summed E-state index contributed by atoms with van der Waals surface area (Å²) in [6, 6.07) is 8.26. The van der Waals surface area contributed by atoms with Gasteiger partial charge < -0.3 is 10.2 Å². The standard InChI is InChI=1S/C17H21N3OS/c21-17(16-2-1-13-22-16)19-15-6-11-20(12-7-15)10-5-14-3-8-18-9-4-14/h1-4,8-9,13,15H,5-7,10-12H2,(H,19,21). The number of carbonyl (C=O) groups excluding carboxylic acids is 1. The molecule has 4 nitrogen and oxygen atoms in total. The van der Waals surface area contributed by atoms with Gasteiger partial charge in [0.05, 0.1) is 4.88 Å². The molecule has 3 rings (SSSR count). The number of aromatic nitrogens is 1. The minimum atomic E-state index is 0.0743. The maximum absolute atomic E-state index is 12.0. The van der Waals surface area contributed by atoms with Gasteiger partial charge in [-0.15, -0.1) is 11.3 Å². The van der Waals surface area contributed by atoms with Gasteiger partial charge in [0.2, 0.25) is 0 Å². The molecule has 1 N–H and O–H groups in total. The molecule has 0 spiro atoms. The summed E-state index contributed by atoms with van der Waals surface area (Å²) in [4.78, 5) is 19.4. The van der Waals surface area contributed by atoms with Gasteiger partial charge in [0.25, 0.3) is 5.91 Å². The number of likely N-dealkylation sites (tertiary alicyclic amines) is 1. The SMILES string of the molecule is O=C(NC1CCN(CCc2ccncc2)CC1)c1cccs1. The van der Waals surface area contributed by atoms with E-state index in [1.807, 2.05) is 29.9 Å². The van der Waals surface area contributed by atoms with Crippen LogP contribution in [0.3, 0.4) is 0 Å². The summed E-state index contributed by atoms with van der Waals surface area (Å²) < 4.78 is 0. The van der Waals surface area contributed by atoms with Crippen molar-refractivity contribution in [2.24, 2.45) is 0 Å². The minimum absolute atomic E-state index is 0.0743. The number of nitrogens with zero attached hydrogens (tertiary/aromatic N) is 2. The lowest BCUT2D eigenvalue weighted by atomic mass is 10.0. The molecule has 1 amide bonds. The molecule has 0 radical (unpaired) electrons. The van der Waals surface area contributed by atoms with Crippen LogP contribution < -0.4 is 5.32 Å². The van der Waals surface area contributed by atoms with E-state index in [9.17, 15) is 4.79 Å². The van der Waals surface area contributed by atoms with Crippen LogP contribution in [0.2, 0.25) is 0 Å². The maximum Gasteiger partial charge on any atom is 0.261 e. The second-order valence-corrected chi connectivity index (χ2v) is 6.62. The van der Waals surface area contributed by atoms with E-state index in [1.54, 1.807) is 0 Å². The van der Waals surface area contributed by atoms with Crippen LogP contribution in [0.15, 0.2) is 42.0 Å². The molecule has 2 aromatic rings. The summed E-state index contributed by atoms with van der Waals surface area (Å²) in [6.07, 6.45) is 6.83. The van der Waals surface area contributed by atoms with Crippen LogP contribution in [0.4, 0.5) is 0 Å². The highest BCUT2D eigenvalue weighted by Crippen LogP contribution is 2.14. The van der Waals surface area contributed by atoms with E-state index in [0.29, 0.717) is 6.04 Å². The van der Waals surface area contributed by atoms with E-state index in [2.05, 4.69) is 27.3 Å². The predicted octanol–water partition coefficient (Wildman–Crippen LogP) is 2.58. The highest BCUT2D eigenvalue weighted by atomic mass is 32.1. The van der Waals surface area contributed by atoms with E-state index < -0.39 is 0 Å². The first kappa shape index (κ1) is 15.2. The number of rotatable bonds is 5. The quantitative estimate of drug-likeness (QED) is 0.922. The number of piperidine rings is 1. The Morgan fingerprint density at radius 1 is 1.27 bits per heavy atom. The summed E-state index contributed by atoms with van der Waals surface area (Å²) in [6.45, 7) is 3.19. The highest BCUT2D eigenvalue weighted by Gasteiger charge is 2.21. The largest absolute Gasteiger partial charge is 0.349 e. The van der Waals surface area contributed by atoms with Crippen LogP contribution >= 0.6 is 11.3 Å². The molecule has 0 atom stereocenters. The van der Waals surface area contributed by atoms with Crippen molar-refractivity contribution in [3.05, 3.63) is 52.5 Å². The molecule has 2 aromatic heterocycles. The van der Waals surface area contributed by atoms with Crippen LogP contribution in [0, 0.1) is 0 Å². The van der Waals surface area contributed by atoms with Crippen molar-refractivity contribution in [1.82, 2.24) is 15.2 Å². The molecule has 22 heavy (non-hydrogen) atoms. The molecule has 1 saturated heterocycles. The second kappa shape index (κ2) is 7.51. The molecular weight excluding hydrogens is 294 g/mol. The topological polar surface area (TPSA) is 45.2 Å². The van der Waals surface area contributed by atoms with Crippen LogP contribution in [-0.2, 0) is 6.42 Å². The summed E-state index contributed by atoms with van der Waals surface area (Å²) in [5.41, 5.74) is 1.34. The Balaban J connectivity index is 1.40. The highest BCUT2D eigenvalue weighted by molar-refractivity contribution is 7.12. The Morgan fingerprint density at radius 3 is 2.73 bits per heavy atom. The zero-order valence-corrected chi connectivity index (χ0v) is 13.4. The molecule has 5 heteroatoms. The Bertz CT molecular complexity index is 577. The average molecular weight is 315 g/mol. The number of hydrogen-bond acceptors (Lipinski definition) is 4. The molecule has 0 aliphatic carbocycles. The van der Waals surface area contributed by atoms with Gasteiger partial charge in [0, 0.05) is 38.1 Å². The average Bonchev–Trinajstić information content (AvgIpc) is 3.10. The Labute approximate surface area is 135 Å². The summed E-state index contributed by atoms with van der Waals surface area (Å²) in [5, 5.41) is 5.09. The van der Waals surface area contributed by atoms with Gasteiger partial charge in [0.1, 0.15) is 0 Å². The van der Waals surface area contributed by atoms with E-state index in [4.69, 9.17) is 0 Å². The smallest absolute Gasteiger partial charge is 0.261 e. The third-order valence-corrected chi connectivity index (χ3v) is 5.00. The lowest BCUT2D eigenvalue weighted by Gasteiger charge is -2.32. The number of nitrogens with one attached hydrogen (secondary N) is 1. The molecule has 3 heterocycles. The van der Waals surface area contributed by atoms with Gasteiger partial charge in [-0.05, 0) is 48.4 Å². The van der Waals surface area contributed by atoms with Crippen LogP contribution in [0.5, 0.6) is 0 Å². The lowest BCUT2D eigenvalue weighted by Crippen LogP contribution is -2.45. The number of hydrogen-bond donors (Lipinski definition) is 1. The first-order valence-corrected chi connectivity index (χ1v) is 8.65. The Morgan fingerprint density at radius 2 is 2.05 bits per heavy atom. The number of carbonyl (C=O) groups is 1. The van der Waals surface area contributed by atoms with Gasteiger partial charge in [-0.25, -0.2) is 0 Å². The zero-order valence-electron chi connectivity index (χ0n) is 12.6. The second-order valence-electron chi connectivity index (χ2n) is 5.67. The molecule has 0 aromatic carbocycles. The third kappa shape index (κ3) is 4.15. The van der Waals surface area contributed by atoms with Gasteiger partial charge in [-0.3, -0.25) is 9.78 Å². The Kier molecular flexibility index (Phi) is 5.19. The fraction of sp³-hybridized carbons (Fsp3) is 0.412. The van der Waals surface area contributed by atoms with Crippen molar-refractivity contribution >= 4 is 17.2 Å². The molecule has 0 unspecified atom stereocenters. The van der Waals surface area contributed by atoms with Crippen molar-refractivity contribution in [2.45, 2.75) is 25.3 Å². The van der Waals surface area contributed by atoms with E-state index >= 15 is 0 Å². The number of amides is 1. The third-order valence-electron chi connectivity index (χ3n) is 4.13. The monoisotopic (exact) mass is 315 g/mol. The summed E-state index contributed by atoms with van der Waals surface area (Å²) in [7, 11) is 0.